The van der Waals surface area contributed by atoms with E-state index in [-0.39, 0.29) is 11.7 Å². The van der Waals surface area contributed by atoms with Gasteiger partial charge in [0.05, 0.1) is 6.26 Å². The summed E-state index contributed by atoms with van der Waals surface area (Å²) in [5.41, 5.74) is 0.577. The van der Waals surface area contributed by atoms with Crippen LogP contribution < -0.4 is 0 Å². The van der Waals surface area contributed by atoms with E-state index in [2.05, 4.69) is 6.58 Å². The lowest BCUT2D eigenvalue weighted by Gasteiger charge is -2.20. The van der Waals surface area contributed by atoms with Crippen LogP contribution in [-0.2, 0) is 4.79 Å². The third-order valence-corrected chi connectivity index (χ3v) is 2.29. The van der Waals surface area contributed by atoms with Gasteiger partial charge in [0.15, 0.2) is 5.78 Å². The van der Waals surface area contributed by atoms with Crippen molar-refractivity contribution in [3.05, 3.63) is 24.5 Å². The number of hydrogen-bond acceptors (Lipinski definition) is 2. The van der Waals surface area contributed by atoms with Gasteiger partial charge in [0.25, 0.3) is 0 Å². The van der Waals surface area contributed by atoms with Crippen LogP contribution in [0.2, 0.25) is 0 Å². The van der Waals surface area contributed by atoms with Crippen molar-refractivity contribution in [1.82, 2.24) is 0 Å². The van der Waals surface area contributed by atoms with Gasteiger partial charge in [-0.15, -0.1) is 6.58 Å². The fourth-order valence-electron chi connectivity index (χ4n) is 1.61. The van der Waals surface area contributed by atoms with Crippen molar-refractivity contribution in [2.24, 2.45) is 5.92 Å². The van der Waals surface area contributed by atoms with E-state index in [0.717, 1.165) is 31.9 Å². The zero-order valence-corrected chi connectivity index (χ0v) is 7.12. The highest BCUT2D eigenvalue weighted by Gasteiger charge is 2.25. The summed E-state index contributed by atoms with van der Waals surface area (Å²) < 4.78 is 0. The largest absolute Gasteiger partial charge is 0.515 e. The maximum Gasteiger partial charge on any atom is 0.165 e. The van der Waals surface area contributed by atoms with Crippen molar-refractivity contribution in [1.29, 1.82) is 0 Å². The molecule has 2 heteroatoms. The predicted octanol–water partition coefficient (Wildman–Crippen LogP) is 2.37. The van der Waals surface area contributed by atoms with Crippen LogP contribution in [0.1, 0.15) is 25.7 Å². The molecule has 0 aromatic carbocycles. The summed E-state index contributed by atoms with van der Waals surface area (Å²) in [6.45, 7) is 3.61. The number of hydrogen-bond donors (Lipinski definition) is 1. The minimum absolute atomic E-state index is 0.0645. The topological polar surface area (TPSA) is 37.3 Å². The van der Waals surface area contributed by atoms with E-state index in [1.807, 2.05) is 0 Å². The minimum Gasteiger partial charge on any atom is -0.515 e. The molecule has 1 rings (SSSR count). The number of carbonyl (C=O) groups excluding carboxylic acids is 1. The van der Waals surface area contributed by atoms with Gasteiger partial charge in [-0.2, -0.15) is 0 Å². The molecule has 0 aromatic rings. The smallest absolute Gasteiger partial charge is 0.165 e. The van der Waals surface area contributed by atoms with E-state index >= 15 is 0 Å². The number of aliphatic hydroxyl groups excluding tert-OH is 1. The Labute approximate surface area is 72.6 Å². The molecule has 66 valence electrons. The first-order valence-electron chi connectivity index (χ1n) is 4.28. The second-order valence-electron chi connectivity index (χ2n) is 3.13. The number of allylic oxidation sites excluding steroid dienone is 2. The molecule has 12 heavy (non-hydrogen) atoms. The molecule has 0 amide bonds. The SMILES string of the molecule is C=CCC1CCCC(=CO)C1=O. The van der Waals surface area contributed by atoms with Gasteiger partial charge in [-0.05, 0) is 25.7 Å². The first-order chi connectivity index (χ1) is 5.79. The molecular formula is C10H14O2. The van der Waals surface area contributed by atoms with Crippen molar-refractivity contribution >= 4 is 5.78 Å². The van der Waals surface area contributed by atoms with Crippen LogP contribution in [0.4, 0.5) is 0 Å². The molecule has 1 aliphatic rings. The van der Waals surface area contributed by atoms with Gasteiger partial charge in [0.1, 0.15) is 0 Å². The lowest BCUT2D eigenvalue weighted by molar-refractivity contribution is -0.120. The van der Waals surface area contributed by atoms with E-state index in [1.54, 1.807) is 6.08 Å². The van der Waals surface area contributed by atoms with E-state index < -0.39 is 0 Å². The Kier molecular flexibility index (Phi) is 3.09. The maximum atomic E-state index is 11.5. The molecule has 0 spiro atoms. The van der Waals surface area contributed by atoms with Gasteiger partial charge in [-0.1, -0.05) is 6.08 Å². The van der Waals surface area contributed by atoms with Crippen molar-refractivity contribution in [3.8, 4) is 0 Å². The summed E-state index contributed by atoms with van der Waals surface area (Å²) >= 11 is 0. The Morgan fingerprint density at radius 1 is 1.67 bits per heavy atom. The summed E-state index contributed by atoms with van der Waals surface area (Å²) in [4.78, 5) is 11.5. The monoisotopic (exact) mass is 166 g/mol. The highest BCUT2D eigenvalue weighted by Crippen LogP contribution is 2.27. The molecule has 2 nitrogen and oxygen atoms in total. The van der Waals surface area contributed by atoms with Gasteiger partial charge < -0.3 is 5.11 Å². The first-order valence-corrected chi connectivity index (χ1v) is 4.28. The molecule has 0 bridgehead atoms. The second-order valence-corrected chi connectivity index (χ2v) is 3.13. The third-order valence-electron chi connectivity index (χ3n) is 2.29. The number of Topliss-reactive ketones (excluding diaryl/α,β-unsaturated/α-hetero) is 1. The normalized spacial score (nSPS) is 27.5. The predicted molar refractivity (Wildman–Crippen MR) is 47.9 cm³/mol. The molecule has 0 radical (unpaired) electrons. The fourth-order valence-corrected chi connectivity index (χ4v) is 1.61. The molecule has 0 aromatic heterocycles. The molecule has 0 saturated heterocycles. The molecule has 1 fully saturated rings. The van der Waals surface area contributed by atoms with Crippen molar-refractivity contribution in [2.45, 2.75) is 25.7 Å². The zero-order chi connectivity index (χ0) is 8.97. The second kappa shape index (κ2) is 4.10. The van der Waals surface area contributed by atoms with E-state index in [0.29, 0.717) is 5.57 Å². The highest BCUT2D eigenvalue weighted by atomic mass is 16.2. The Morgan fingerprint density at radius 2 is 2.42 bits per heavy atom. The molecule has 1 N–H and O–H groups in total. The summed E-state index contributed by atoms with van der Waals surface area (Å²) in [5.74, 6) is 0.165. The van der Waals surface area contributed by atoms with Crippen LogP contribution in [0.3, 0.4) is 0 Å². The van der Waals surface area contributed by atoms with Crippen LogP contribution in [0.25, 0.3) is 0 Å². The van der Waals surface area contributed by atoms with E-state index in [9.17, 15) is 4.79 Å². The summed E-state index contributed by atoms with van der Waals surface area (Å²) in [6.07, 6.45) is 6.11. The maximum absolute atomic E-state index is 11.5. The van der Waals surface area contributed by atoms with Gasteiger partial charge in [-0.3, -0.25) is 4.79 Å². The average Bonchev–Trinajstić information content (AvgIpc) is 2.09. The van der Waals surface area contributed by atoms with Crippen molar-refractivity contribution in [3.63, 3.8) is 0 Å². The van der Waals surface area contributed by atoms with Crippen molar-refractivity contribution in [2.75, 3.05) is 0 Å². The summed E-state index contributed by atoms with van der Waals surface area (Å²) in [7, 11) is 0. The average molecular weight is 166 g/mol. The lowest BCUT2D eigenvalue weighted by atomic mass is 9.83. The van der Waals surface area contributed by atoms with E-state index in [4.69, 9.17) is 5.11 Å². The molecule has 1 atom stereocenters. The Bertz CT molecular complexity index is 216. The van der Waals surface area contributed by atoms with Crippen molar-refractivity contribution < 1.29 is 9.90 Å². The lowest BCUT2D eigenvalue weighted by Crippen LogP contribution is -2.21. The molecule has 1 aliphatic carbocycles. The number of aliphatic hydroxyl groups is 1. The Balaban J connectivity index is 2.65. The summed E-state index contributed by atoms with van der Waals surface area (Å²) in [5, 5.41) is 8.74. The van der Waals surface area contributed by atoms with Gasteiger partial charge in [0, 0.05) is 11.5 Å². The van der Waals surface area contributed by atoms with Crippen LogP contribution in [-0.4, -0.2) is 10.9 Å². The van der Waals surface area contributed by atoms with E-state index in [1.165, 1.54) is 0 Å². The minimum atomic E-state index is 0.0645. The molecule has 1 unspecified atom stereocenters. The summed E-state index contributed by atoms with van der Waals surface area (Å²) in [6, 6.07) is 0. The van der Waals surface area contributed by atoms with Crippen LogP contribution in [0, 0.1) is 5.92 Å². The standard InChI is InChI=1S/C10H14O2/c1-2-4-8-5-3-6-9(7-11)10(8)12/h2,7-8,11H,1,3-6H2. The van der Waals surface area contributed by atoms with Crippen LogP contribution in [0.15, 0.2) is 24.5 Å². The molecule has 1 saturated carbocycles. The molecular weight excluding hydrogens is 152 g/mol. The van der Waals surface area contributed by atoms with Gasteiger partial charge >= 0.3 is 0 Å². The van der Waals surface area contributed by atoms with Gasteiger partial charge in [0.2, 0.25) is 0 Å². The zero-order valence-electron chi connectivity index (χ0n) is 7.12. The first kappa shape index (κ1) is 9.04. The Morgan fingerprint density at radius 3 is 3.00 bits per heavy atom. The number of ketones is 1. The number of rotatable bonds is 2. The van der Waals surface area contributed by atoms with Crippen LogP contribution >= 0.6 is 0 Å². The molecule has 0 aliphatic heterocycles. The fraction of sp³-hybridized carbons (Fsp3) is 0.500. The molecule has 0 heterocycles. The number of carbonyl (C=O) groups is 1. The highest BCUT2D eigenvalue weighted by molar-refractivity contribution is 5.97. The van der Waals surface area contributed by atoms with Crippen LogP contribution in [0.5, 0.6) is 0 Å². The third kappa shape index (κ3) is 1.76. The quantitative estimate of drug-likeness (QED) is 0.388. The van der Waals surface area contributed by atoms with Gasteiger partial charge in [-0.25, -0.2) is 0 Å². The Hall–Kier alpha value is -1.05.